The smallest absolute Gasteiger partial charge is 0.220 e. The number of fused-ring (bicyclic) bond motifs is 1. The molecular formula is C15H22N2O. The number of hydrogen-bond acceptors (Lipinski definition) is 2. The zero-order valence-electron chi connectivity index (χ0n) is 11.0. The van der Waals surface area contributed by atoms with Crippen LogP contribution < -0.4 is 11.1 Å². The van der Waals surface area contributed by atoms with Gasteiger partial charge in [-0.3, -0.25) is 4.79 Å². The Labute approximate surface area is 109 Å². The minimum Gasteiger partial charge on any atom is -0.399 e. The van der Waals surface area contributed by atoms with E-state index in [1.165, 1.54) is 11.1 Å². The Morgan fingerprint density at radius 2 is 2.28 bits per heavy atom. The molecule has 0 radical (unpaired) electrons. The van der Waals surface area contributed by atoms with Gasteiger partial charge < -0.3 is 11.1 Å². The van der Waals surface area contributed by atoms with E-state index in [1.54, 1.807) is 0 Å². The fraction of sp³-hybridized carbons (Fsp3) is 0.533. The summed E-state index contributed by atoms with van der Waals surface area (Å²) in [5.74, 6) is 0.179. The second kappa shape index (κ2) is 5.89. The molecule has 3 heteroatoms. The van der Waals surface area contributed by atoms with E-state index in [4.69, 9.17) is 5.73 Å². The van der Waals surface area contributed by atoms with Crippen molar-refractivity contribution in [1.29, 1.82) is 0 Å². The van der Waals surface area contributed by atoms with Crippen molar-refractivity contribution in [3.8, 4) is 0 Å². The topological polar surface area (TPSA) is 55.1 Å². The molecule has 0 saturated heterocycles. The normalized spacial score (nSPS) is 17.5. The Kier molecular flexibility index (Phi) is 4.24. The average Bonchev–Trinajstić information content (AvgIpc) is 2.72. The third-order valence-electron chi connectivity index (χ3n) is 3.59. The summed E-state index contributed by atoms with van der Waals surface area (Å²) in [5, 5.41) is 3.13. The Balaban J connectivity index is 1.91. The molecule has 0 bridgehead atoms. The molecule has 1 aliphatic rings. The number of benzene rings is 1. The summed E-state index contributed by atoms with van der Waals surface area (Å²) in [6, 6.07) is 6.18. The third kappa shape index (κ3) is 3.03. The molecule has 0 heterocycles. The molecule has 1 aliphatic carbocycles. The molecule has 1 aromatic rings. The molecule has 0 aromatic heterocycles. The second-order valence-corrected chi connectivity index (χ2v) is 5.07. The zero-order valence-corrected chi connectivity index (χ0v) is 11.0. The molecular weight excluding hydrogens is 224 g/mol. The highest BCUT2D eigenvalue weighted by atomic mass is 16.1. The summed E-state index contributed by atoms with van der Waals surface area (Å²) in [5.41, 5.74) is 9.11. The minimum absolute atomic E-state index is 0.179. The zero-order chi connectivity index (χ0) is 13.0. The molecule has 0 fully saturated rings. The Morgan fingerprint density at radius 3 is 3.06 bits per heavy atom. The van der Waals surface area contributed by atoms with Gasteiger partial charge in [-0.2, -0.15) is 0 Å². The van der Waals surface area contributed by atoms with Crippen molar-refractivity contribution in [2.75, 3.05) is 5.73 Å². The molecule has 1 atom stereocenters. The van der Waals surface area contributed by atoms with Crippen molar-refractivity contribution in [3.63, 3.8) is 0 Å². The van der Waals surface area contributed by atoms with Gasteiger partial charge in [0.05, 0.1) is 6.04 Å². The molecule has 1 aromatic carbocycles. The van der Waals surface area contributed by atoms with Gasteiger partial charge in [0.25, 0.3) is 0 Å². The first-order valence-electron chi connectivity index (χ1n) is 6.88. The number of rotatable bonds is 5. The van der Waals surface area contributed by atoms with E-state index in [0.29, 0.717) is 6.42 Å². The Hall–Kier alpha value is -1.51. The summed E-state index contributed by atoms with van der Waals surface area (Å²) in [7, 11) is 0. The highest BCUT2D eigenvalue weighted by Crippen LogP contribution is 2.32. The monoisotopic (exact) mass is 246 g/mol. The van der Waals surface area contributed by atoms with Crippen molar-refractivity contribution in [2.45, 2.75) is 51.5 Å². The number of nitrogen functional groups attached to an aromatic ring is 1. The van der Waals surface area contributed by atoms with E-state index in [-0.39, 0.29) is 11.9 Å². The maximum atomic E-state index is 11.8. The molecule has 18 heavy (non-hydrogen) atoms. The number of nitrogens with two attached hydrogens (primary N) is 1. The van der Waals surface area contributed by atoms with E-state index in [9.17, 15) is 4.79 Å². The minimum atomic E-state index is 0.179. The Morgan fingerprint density at radius 1 is 1.44 bits per heavy atom. The van der Waals surface area contributed by atoms with Gasteiger partial charge in [0.2, 0.25) is 5.91 Å². The maximum absolute atomic E-state index is 11.8. The first-order valence-corrected chi connectivity index (χ1v) is 6.88. The largest absolute Gasteiger partial charge is 0.399 e. The van der Waals surface area contributed by atoms with Gasteiger partial charge in [0.1, 0.15) is 0 Å². The van der Waals surface area contributed by atoms with E-state index in [0.717, 1.165) is 37.8 Å². The van der Waals surface area contributed by atoms with Crippen LogP contribution in [0.15, 0.2) is 18.2 Å². The number of unbranched alkanes of at least 4 members (excludes halogenated alkanes) is 2. The molecule has 3 nitrogen and oxygen atoms in total. The van der Waals surface area contributed by atoms with E-state index in [1.807, 2.05) is 12.1 Å². The predicted octanol–water partition coefficient (Wildman–Crippen LogP) is 2.95. The summed E-state index contributed by atoms with van der Waals surface area (Å²) >= 11 is 0. The summed E-state index contributed by atoms with van der Waals surface area (Å²) in [6.45, 7) is 2.15. The van der Waals surface area contributed by atoms with E-state index >= 15 is 0 Å². The SMILES string of the molecule is CCCCCC(=O)NC1CCc2cc(N)ccc21. The van der Waals surface area contributed by atoms with Crippen LogP contribution in [-0.4, -0.2) is 5.91 Å². The van der Waals surface area contributed by atoms with Crippen LogP contribution in [0.3, 0.4) is 0 Å². The van der Waals surface area contributed by atoms with Crippen LogP contribution >= 0.6 is 0 Å². The fourth-order valence-corrected chi connectivity index (χ4v) is 2.59. The number of carbonyl (C=O) groups is 1. The predicted molar refractivity (Wildman–Crippen MR) is 74.2 cm³/mol. The van der Waals surface area contributed by atoms with Crippen LogP contribution in [0.1, 0.15) is 56.2 Å². The number of anilines is 1. The van der Waals surface area contributed by atoms with Crippen LogP contribution in [0.4, 0.5) is 5.69 Å². The lowest BCUT2D eigenvalue weighted by Gasteiger charge is -2.14. The van der Waals surface area contributed by atoms with Crippen molar-refractivity contribution < 1.29 is 4.79 Å². The summed E-state index contributed by atoms with van der Waals surface area (Å²) in [4.78, 5) is 11.8. The highest BCUT2D eigenvalue weighted by molar-refractivity contribution is 5.76. The van der Waals surface area contributed by atoms with Crippen LogP contribution in [-0.2, 0) is 11.2 Å². The van der Waals surface area contributed by atoms with Crippen molar-refractivity contribution in [2.24, 2.45) is 0 Å². The highest BCUT2D eigenvalue weighted by Gasteiger charge is 2.23. The van der Waals surface area contributed by atoms with Gasteiger partial charge in [0.15, 0.2) is 0 Å². The molecule has 0 spiro atoms. The van der Waals surface area contributed by atoms with Gasteiger partial charge in [-0.05, 0) is 42.5 Å². The lowest BCUT2D eigenvalue weighted by Crippen LogP contribution is -2.26. The van der Waals surface area contributed by atoms with Gasteiger partial charge in [-0.1, -0.05) is 25.8 Å². The second-order valence-electron chi connectivity index (χ2n) is 5.07. The van der Waals surface area contributed by atoms with Crippen LogP contribution in [0.2, 0.25) is 0 Å². The summed E-state index contributed by atoms with van der Waals surface area (Å²) in [6.07, 6.45) is 5.93. The third-order valence-corrected chi connectivity index (χ3v) is 3.59. The van der Waals surface area contributed by atoms with Gasteiger partial charge >= 0.3 is 0 Å². The molecule has 1 unspecified atom stereocenters. The lowest BCUT2D eigenvalue weighted by molar-refractivity contribution is -0.121. The van der Waals surface area contributed by atoms with E-state index < -0.39 is 0 Å². The molecule has 2 rings (SSSR count). The molecule has 0 aliphatic heterocycles. The van der Waals surface area contributed by atoms with Gasteiger partial charge in [0, 0.05) is 12.1 Å². The Bertz CT molecular complexity index is 429. The quantitative estimate of drug-likeness (QED) is 0.620. The number of aryl methyl sites for hydroxylation is 1. The van der Waals surface area contributed by atoms with Crippen molar-refractivity contribution in [1.82, 2.24) is 5.32 Å². The summed E-state index contributed by atoms with van der Waals surface area (Å²) < 4.78 is 0. The van der Waals surface area contributed by atoms with Crippen molar-refractivity contribution >= 4 is 11.6 Å². The van der Waals surface area contributed by atoms with Crippen LogP contribution in [0.25, 0.3) is 0 Å². The fourth-order valence-electron chi connectivity index (χ4n) is 2.59. The molecule has 0 saturated carbocycles. The molecule has 98 valence electrons. The lowest BCUT2D eigenvalue weighted by atomic mass is 10.1. The van der Waals surface area contributed by atoms with Gasteiger partial charge in [-0.25, -0.2) is 0 Å². The molecule has 1 amide bonds. The maximum Gasteiger partial charge on any atom is 0.220 e. The number of nitrogens with one attached hydrogen (secondary N) is 1. The first-order chi connectivity index (χ1) is 8.70. The molecule has 3 N–H and O–H groups in total. The van der Waals surface area contributed by atoms with Crippen molar-refractivity contribution in [3.05, 3.63) is 29.3 Å². The number of carbonyl (C=O) groups excluding carboxylic acids is 1. The van der Waals surface area contributed by atoms with Crippen LogP contribution in [0.5, 0.6) is 0 Å². The number of hydrogen-bond donors (Lipinski definition) is 2. The average molecular weight is 246 g/mol. The van der Waals surface area contributed by atoms with E-state index in [2.05, 4.69) is 18.3 Å². The first kappa shape index (κ1) is 12.9. The van der Waals surface area contributed by atoms with Gasteiger partial charge in [-0.15, -0.1) is 0 Å². The number of amides is 1. The standard InChI is InChI=1S/C15H22N2O/c1-2-3-4-5-15(18)17-14-9-6-11-10-12(16)7-8-13(11)14/h7-8,10,14H,2-6,9,16H2,1H3,(H,17,18). The van der Waals surface area contributed by atoms with Crippen LogP contribution in [0, 0.1) is 0 Å².